The maximum Gasteiger partial charge on any atom is 0.442 e. The molecule has 0 saturated heterocycles. The molecule has 9 nitrogen and oxygen atoms in total. The fourth-order valence-electron chi connectivity index (χ4n) is 5.00. The number of hydrogen-bond donors (Lipinski definition) is 1. The van der Waals surface area contributed by atoms with Gasteiger partial charge in [0.2, 0.25) is 0 Å². The molecule has 0 aliphatic heterocycles. The van der Waals surface area contributed by atoms with Crippen LogP contribution < -0.4 is 20.7 Å². The van der Waals surface area contributed by atoms with Gasteiger partial charge >= 0.3 is 5.76 Å². The first-order valence-electron chi connectivity index (χ1n) is 10.4. The number of hydrazone groups is 1. The first kappa shape index (κ1) is 21.1. The van der Waals surface area contributed by atoms with Gasteiger partial charge in [-0.2, -0.15) is 5.10 Å². The molecule has 1 aromatic heterocycles. The van der Waals surface area contributed by atoms with Gasteiger partial charge < -0.3 is 9.47 Å². The molecule has 2 aromatic rings. The lowest BCUT2D eigenvalue weighted by Crippen LogP contribution is -2.35. The van der Waals surface area contributed by atoms with Crippen molar-refractivity contribution in [1.82, 2.24) is 15.1 Å². The van der Waals surface area contributed by atoms with Crippen LogP contribution in [0.3, 0.4) is 0 Å². The fourth-order valence-corrected chi connectivity index (χ4v) is 5.00. The number of fused-ring (bicyclic) bond motifs is 2. The molecule has 9 heteroatoms. The summed E-state index contributed by atoms with van der Waals surface area (Å²) in [4.78, 5) is 24.8. The standard InChI is InChI=1S/C22H28N4O5/c1-21(2)14-8-9-22(21,3)17(11-14)23-24-18(27)12-26-19(25-31-20(26)28)13-6-7-15(29-4)16(10-13)30-5/h6-7,10,14H,8-9,11-12H2,1-5H3,(H,24,27)/b23-17-. The summed E-state index contributed by atoms with van der Waals surface area (Å²) in [6.07, 6.45) is 3.17. The molecule has 2 unspecified atom stereocenters. The lowest BCUT2D eigenvalue weighted by Gasteiger charge is -2.34. The van der Waals surface area contributed by atoms with Crippen LogP contribution in [-0.4, -0.2) is 35.6 Å². The van der Waals surface area contributed by atoms with E-state index in [0.29, 0.717) is 23.0 Å². The van der Waals surface area contributed by atoms with Gasteiger partial charge in [0.15, 0.2) is 17.3 Å². The molecular formula is C22H28N4O5. The molecule has 1 heterocycles. The number of ether oxygens (including phenoxy) is 2. The van der Waals surface area contributed by atoms with Crippen LogP contribution in [0, 0.1) is 16.7 Å². The minimum absolute atomic E-state index is 0.0101. The average molecular weight is 428 g/mol. The van der Waals surface area contributed by atoms with Gasteiger partial charge in [-0.3, -0.25) is 9.32 Å². The maximum atomic E-state index is 12.6. The SMILES string of the molecule is COc1ccc(-c2noc(=O)n2CC(=O)N/N=C2/CC3CCC2(C)C3(C)C)cc1OC. The number of carbonyl (C=O) groups is 1. The number of benzene rings is 1. The summed E-state index contributed by atoms with van der Waals surface area (Å²) < 4.78 is 16.5. The Morgan fingerprint density at radius 3 is 2.65 bits per heavy atom. The number of nitrogens with zero attached hydrogens (tertiary/aromatic N) is 3. The Morgan fingerprint density at radius 2 is 2.03 bits per heavy atom. The van der Waals surface area contributed by atoms with Gasteiger partial charge in [-0.25, -0.2) is 14.8 Å². The summed E-state index contributed by atoms with van der Waals surface area (Å²) in [6.45, 7) is 6.53. The second-order valence-corrected chi connectivity index (χ2v) is 9.01. The molecular weight excluding hydrogens is 400 g/mol. The Bertz CT molecular complexity index is 1100. The second kappa shape index (κ2) is 7.55. The Balaban J connectivity index is 1.53. The van der Waals surface area contributed by atoms with Gasteiger partial charge in [-0.1, -0.05) is 25.9 Å². The van der Waals surface area contributed by atoms with E-state index in [0.717, 1.165) is 18.6 Å². The predicted octanol–water partition coefficient (Wildman–Crippen LogP) is 2.84. The Labute approximate surface area is 180 Å². The summed E-state index contributed by atoms with van der Waals surface area (Å²) in [5, 5.41) is 8.28. The van der Waals surface area contributed by atoms with Crippen molar-refractivity contribution in [3.63, 3.8) is 0 Å². The van der Waals surface area contributed by atoms with Gasteiger partial charge in [-0.15, -0.1) is 0 Å². The Morgan fingerprint density at radius 1 is 1.29 bits per heavy atom. The number of aromatic nitrogens is 2. The third kappa shape index (κ3) is 3.32. The van der Waals surface area contributed by atoms with Crippen LogP contribution in [0.5, 0.6) is 11.5 Å². The monoisotopic (exact) mass is 428 g/mol. The molecule has 1 N–H and O–H groups in total. The lowest BCUT2D eigenvalue weighted by atomic mass is 9.70. The van der Waals surface area contributed by atoms with E-state index in [1.165, 1.54) is 25.2 Å². The molecule has 2 atom stereocenters. The van der Waals surface area contributed by atoms with E-state index in [1.807, 2.05) is 0 Å². The third-order valence-corrected chi connectivity index (χ3v) is 7.46. The van der Waals surface area contributed by atoms with Crippen LogP contribution in [0.4, 0.5) is 0 Å². The summed E-state index contributed by atoms with van der Waals surface area (Å²) in [6, 6.07) is 5.08. The smallest absolute Gasteiger partial charge is 0.442 e. The Kier molecular flexibility index (Phi) is 5.15. The van der Waals surface area contributed by atoms with Crippen LogP contribution in [0.25, 0.3) is 11.4 Å². The van der Waals surface area contributed by atoms with E-state index in [1.54, 1.807) is 18.2 Å². The van der Waals surface area contributed by atoms with Crippen LogP contribution >= 0.6 is 0 Å². The van der Waals surface area contributed by atoms with Crippen molar-refractivity contribution in [3.05, 3.63) is 28.7 Å². The summed E-state index contributed by atoms with van der Waals surface area (Å²) in [5.74, 6) is 0.695. The molecule has 0 spiro atoms. The van der Waals surface area contributed by atoms with E-state index in [9.17, 15) is 9.59 Å². The zero-order valence-corrected chi connectivity index (χ0v) is 18.5. The summed E-state index contributed by atoms with van der Waals surface area (Å²) in [5.41, 5.74) is 4.38. The highest BCUT2D eigenvalue weighted by molar-refractivity contribution is 5.95. The van der Waals surface area contributed by atoms with E-state index in [4.69, 9.17) is 14.0 Å². The number of methoxy groups -OCH3 is 2. The molecule has 31 heavy (non-hydrogen) atoms. The van der Waals surface area contributed by atoms with E-state index >= 15 is 0 Å². The predicted molar refractivity (Wildman–Crippen MR) is 114 cm³/mol. The van der Waals surface area contributed by atoms with Crippen LogP contribution in [0.2, 0.25) is 0 Å². The maximum absolute atomic E-state index is 12.6. The van der Waals surface area contributed by atoms with Crippen molar-refractivity contribution < 1.29 is 18.8 Å². The van der Waals surface area contributed by atoms with Gasteiger partial charge in [0, 0.05) is 16.7 Å². The first-order chi connectivity index (χ1) is 14.7. The van der Waals surface area contributed by atoms with Gasteiger partial charge in [0.25, 0.3) is 5.91 Å². The van der Waals surface area contributed by atoms with Crippen molar-refractivity contribution in [3.8, 4) is 22.9 Å². The first-order valence-corrected chi connectivity index (χ1v) is 10.4. The van der Waals surface area contributed by atoms with Crippen molar-refractivity contribution in [2.75, 3.05) is 14.2 Å². The average Bonchev–Trinajstić information content (AvgIpc) is 3.29. The topological polar surface area (TPSA) is 108 Å². The van der Waals surface area contributed by atoms with Crippen molar-refractivity contribution in [2.45, 2.75) is 46.6 Å². The highest BCUT2D eigenvalue weighted by Crippen LogP contribution is 2.63. The van der Waals surface area contributed by atoms with Gasteiger partial charge in [0.05, 0.1) is 14.2 Å². The van der Waals surface area contributed by atoms with Crippen molar-refractivity contribution in [1.29, 1.82) is 0 Å². The highest BCUT2D eigenvalue weighted by Gasteiger charge is 2.60. The Hall–Kier alpha value is -3.10. The number of carbonyl (C=O) groups excluding carboxylic acids is 1. The molecule has 2 saturated carbocycles. The van der Waals surface area contributed by atoms with Gasteiger partial charge in [-0.05, 0) is 48.8 Å². The zero-order chi connectivity index (χ0) is 22.4. The van der Waals surface area contributed by atoms with Gasteiger partial charge in [0.1, 0.15) is 6.54 Å². The van der Waals surface area contributed by atoms with E-state index < -0.39 is 11.7 Å². The second-order valence-electron chi connectivity index (χ2n) is 9.01. The quantitative estimate of drug-likeness (QED) is 0.709. The molecule has 2 bridgehead atoms. The summed E-state index contributed by atoms with van der Waals surface area (Å²) >= 11 is 0. The zero-order valence-electron chi connectivity index (χ0n) is 18.5. The number of nitrogens with one attached hydrogen (secondary N) is 1. The lowest BCUT2D eigenvalue weighted by molar-refractivity contribution is -0.121. The van der Waals surface area contributed by atoms with Crippen molar-refractivity contribution >= 4 is 11.6 Å². The molecule has 4 rings (SSSR count). The van der Waals surface area contributed by atoms with E-state index in [2.05, 4.69) is 36.5 Å². The molecule has 1 aromatic carbocycles. The summed E-state index contributed by atoms with van der Waals surface area (Å²) in [7, 11) is 3.05. The minimum atomic E-state index is -0.722. The number of hydrogen-bond acceptors (Lipinski definition) is 7. The minimum Gasteiger partial charge on any atom is -0.493 e. The normalized spacial score (nSPS) is 25.1. The van der Waals surface area contributed by atoms with Crippen LogP contribution in [0.1, 0.15) is 40.0 Å². The molecule has 2 fully saturated rings. The third-order valence-electron chi connectivity index (χ3n) is 7.46. The van der Waals surface area contributed by atoms with Crippen LogP contribution in [-0.2, 0) is 11.3 Å². The number of rotatable bonds is 6. The largest absolute Gasteiger partial charge is 0.493 e. The fraction of sp³-hybridized carbons (Fsp3) is 0.545. The highest BCUT2D eigenvalue weighted by atomic mass is 16.5. The van der Waals surface area contributed by atoms with E-state index in [-0.39, 0.29) is 23.2 Å². The molecule has 166 valence electrons. The molecule has 1 amide bonds. The van der Waals surface area contributed by atoms with Crippen molar-refractivity contribution in [2.24, 2.45) is 21.8 Å². The molecule has 0 radical (unpaired) electrons. The molecule has 2 aliphatic rings. The van der Waals surface area contributed by atoms with Crippen LogP contribution in [0.15, 0.2) is 32.6 Å². The number of amides is 1. The molecule has 2 aliphatic carbocycles.